The van der Waals surface area contributed by atoms with E-state index in [1.807, 2.05) is 20.8 Å². The predicted octanol–water partition coefficient (Wildman–Crippen LogP) is 5.38. The van der Waals surface area contributed by atoms with Crippen LogP contribution >= 0.6 is 15.9 Å². The number of anilines is 1. The minimum absolute atomic E-state index is 0.0650. The Labute approximate surface area is 211 Å². The number of carbonyl (C=O) groups excluding carboxylic acids is 2. The third-order valence-corrected chi connectivity index (χ3v) is 6.30. The highest BCUT2D eigenvalue weighted by atomic mass is 79.9. The highest BCUT2D eigenvalue weighted by molar-refractivity contribution is 9.10. The van der Waals surface area contributed by atoms with E-state index in [1.54, 1.807) is 48.5 Å². The van der Waals surface area contributed by atoms with Gasteiger partial charge < -0.3 is 19.1 Å². The van der Waals surface area contributed by atoms with Crippen molar-refractivity contribution in [3.05, 3.63) is 75.5 Å². The van der Waals surface area contributed by atoms with E-state index in [1.165, 1.54) is 19.1 Å². The van der Waals surface area contributed by atoms with Crippen molar-refractivity contribution in [2.75, 3.05) is 19.1 Å². The SMILES string of the molecule is COc1ccc([C@H]2C(=C(O)c3ccc(Br)cc3)C(=O)C(=O)N2c2cc(C(C)(C)C)on2)cc1OC. The number of nitrogens with zero attached hydrogens (tertiary/aromatic N) is 2. The second-order valence-electron chi connectivity index (χ2n) is 9.09. The van der Waals surface area contributed by atoms with Gasteiger partial charge in [-0.05, 0) is 29.8 Å². The number of halogens is 1. The molecule has 1 amide bonds. The van der Waals surface area contributed by atoms with Gasteiger partial charge in [0.2, 0.25) is 0 Å². The summed E-state index contributed by atoms with van der Waals surface area (Å²) in [4.78, 5) is 27.9. The summed E-state index contributed by atoms with van der Waals surface area (Å²) in [5, 5.41) is 15.3. The molecule has 182 valence electrons. The van der Waals surface area contributed by atoms with Crippen molar-refractivity contribution < 1.29 is 28.7 Å². The summed E-state index contributed by atoms with van der Waals surface area (Å²) in [6, 6.07) is 12.5. The number of ketones is 1. The molecule has 0 radical (unpaired) electrons. The molecular formula is C26H25BrN2O6. The van der Waals surface area contributed by atoms with Gasteiger partial charge in [0.25, 0.3) is 5.78 Å². The van der Waals surface area contributed by atoms with Gasteiger partial charge in [0.15, 0.2) is 17.3 Å². The number of benzene rings is 2. The number of ether oxygens (including phenoxy) is 2. The molecule has 0 unspecified atom stereocenters. The predicted molar refractivity (Wildman–Crippen MR) is 134 cm³/mol. The number of Topliss-reactive ketones (excluding diaryl/α,β-unsaturated/α-hetero) is 1. The maximum Gasteiger partial charge on any atom is 0.301 e. The van der Waals surface area contributed by atoms with Crippen molar-refractivity contribution in [3.8, 4) is 11.5 Å². The second kappa shape index (κ2) is 9.22. The fourth-order valence-corrected chi connectivity index (χ4v) is 4.17. The van der Waals surface area contributed by atoms with E-state index in [9.17, 15) is 14.7 Å². The Morgan fingerprint density at radius 3 is 2.26 bits per heavy atom. The van der Waals surface area contributed by atoms with Crippen LogP contribution in [0.3, 0.4) is 0 Å². The zero-order valence-electron chi connectivity index (χ0n) is 20.0. The standard InChI is InChI=1S/C26H25BrN2O6/c1-26(2,3)19-13-20(28-35-19)29-22(15-8-11-17(33-4)18(12-15)34-5)21(24(31)25(29)32)23(30)14-6-9-16(27)10-7-14/h6-13,22,30H,1-5H3/t22-/m0/s1. The summed E-state index contributed by atoms with van der Waals surface area (Å²) < 4.78 is 17.1. The number of hydrogen-bond acceptors (Lipinski definition) is 7. The molecule has 1 N–H and O–H groups in total. The van der Waals surface area contributed by atoms with Gasteiger partial charge >= 0.3 is 5.91 Å². The summed E-state index contributed by atoms with van der Waals surface area (Å²) >= 11 is 3.36. The first-order chi connectivity index (χ1) is 16.6. The number of amides is 1. The first-order valence-electron chi connectivity index (χ1n) is 10.8. The molecule has 9 heteroatoms. The Hall–Kier alpha value is -3.59. The van der Waals surface area contributed by atoms with Crippen molar-refractivity contribution in [2.45, 2.75) is 32.2 Å². The Bertz CT molecular complexity index is 1320. The van der Waals surface area contributed by atoms with Gasteiger partial charge in [-0.2, -0.15) is 0 Å². The number of aliphatic hydroxyl groups is 1. The van der Waals surface area contributed by atoms with Crippen LogP contribution in [0.25, 0.3) is 5.76 Å². The molecule has 3 aromatic rings. The molecular weight excluding hydrogens is 516 g/mol. The number of rotatable bonds is 5. The largest absolute Gasteiger partial charge is 0.507 e. The molecule has 0 spiro atoms. The Morgan fingerprint density at radius 2 is 1.69 bits per heavy atom. The number of aromatic nitrogens is 1. The van der Waals surface area contributed by atoms with Crippen LogP contribution in [-0.4, -0.2) is 36.2 Å². The first-order valence-corrected chi connectivity index (χ1v) is 11.6. The van der Waals surface area contributed by atoms with Gasteiger partial charge in [0.05, 0.1) is 25.8 Å². The lowest BCUT2D eigenvalue weighted by Crippen LogP contribution is -2.29. The van der Waals surface area contributed by atoms with Gasteiger partial charge in [-0.15, -0.1) is 0 Å². The van der Waals surface area contributed by atoms with E-state index in [4.69, 9.17) is 14.0 Å². The molecule has 1 saturated heterocycles. The lowest BCUT2D eigenvalue weighted by atomic mass is 9.93. The van der Waals surface area contributed by atoms with Gasteiger partial charge in [0.1, 0.15) is 11.5 Å². The third-order valence-electron chi connectivity index (χ3n) is 5.77. The van der Waals surface area contributed by atoms with Gasteiger partial charge in [0, 0.05) is 21.5 Å². The summed E-state index contributed by atoms with van der Waals surface area (Å²) in [5.74, 6) is -0.326. The van der Waals surface area contributed by atoms with Crippen LogP contribution < -0.4 is 14.4 Å². The van der Waals surface area contributed by atoms with Gasteiger partial charge in [-0.25, -0.2) is 0 Å². The molecule has 35 heavy (non-hydrogen) atoms. The van der Waals surface area contributed by atoms with Crippen LogP contribution in [0.5, 0.6) is 11.5 Å². The zero-order chi connectivity index (χ0) is 25.5. The molecule has 1 aliphatic heterocycles. The van der Waals surface area contributed by atoms with Crippen molar-refractivity contribution in [1.29, 1.82) is 0 Å². The van der Waals surface area contributed by atoms with Crippen LogP contribution in [0.4, 0.5) is 5.82 Å². The average Bonchev–Trinajstić information content (AvgIpc) is 3.42. The molecule has 2 aromatic carbocycles. The number of carbonyl (C=O) groups is 2. The van der Waals surface area contributed by atoms with Crippen molar-refractivity contribution >= 4 is 39.2 Å². The maximum absolute atomic E-state index is 13.3. The molecule has 1 aliphatic rings. The van der Waals surface area contributed by atoms with Crippen LogP contribution in [0.2, 0.25) is 0 Å². The van der Waals surface area contributed by atoms with E-state index in [0.717, 1.165) is 4.47 Å². The van der Waals surface area contributed by atoms with Crippen molar-refractivity contribution in [2.24, 2.45) is 0 Å². The van der Waals surface area contributed by atoms with Crippen molar-refractivity contribution in [1.82, 2.24) is 5.16 Å². The number of aliphatic hydroxyl groups excluding tert-OH is 1. The molecule has 2 heterocycles. The molecule has 0 aliphatic carbocycles. The van der Waals surface area contributed by atoms with E-state index in [0.29, 0.717) is 28.4 Å². The molecule has 1 fully saturated rings. The maximum atomic E-state index is 13.3. The highest BCUT2D eigenvalue weighted by Gasteiger charge is 2.48. The third kappa shape index (κ3) is 4.43. The number of methoxy groups -OCH3 is 2. The first kappa shape index (κ1) is 24.5. The lowest BCUT2D eigenvalue weighted by Gasteiger charge is -2.23. The summed E-state index contributed by atoms with van der Waals surface area (Å²) in [7, 11) is 3.01. The van der Waals surface area contributed by atoms with Crippen molar-refractivity contribution in [3.63, 3.8) is 0 Å². The fourth-order valence-electron chi connectivity index (χ4n) is 3.90. The summed E-state index contributed by atoms with van der Waals surface area (Å²) in [5.41, 5.74) is 0.493. The van der Waals surface area contributed by atoms with E-state index in [2.05, 4.69) is 21.1 Å². The normalized spacial score (nSPS) is 17.7. The summed E-state index contributed by atoms with van der Waals surface area (Å²) in [6.45, 7) is 5.85. The Kier molecular flexibility index (Phi) is 6.46. The molecule has 1 atom stereocenters. The molecule has 4 rings (SSSR count). The molecule has 0 saturated carbocycles. The minimum atomic E-state index is -0.976. The molecule has 0 bridgehead atoms. The zero-order valence-corrected chi connectivity index (χ0v) is 21.5. The highest BCUT2D eigenvalue weighted by Crippen LogP contribution is 2.44. The topological polar surface area (TPSA) is 102 Å². The average molecular weight is 541 g/mol. The van der Waals surface area contributed by atoms with Gasteiger partial charge in [-0.1, -0.05) is 60.1 Å². The van der Waals surface area contributed by atoms with E-state index >= 15 is 0 Å². The van der Waals surface area contributed by atoms with Crippen LogP contribution in [0, 0.1) is 0 Å². The van der Waals surface area contributed by atoms with E-state index in [-0.39, 0.29) is 22.6 Å². The second-order valence-corrected chi connectivity index (χ2v) is 10.0. The van der Waals surface area contributed by atoms with Gasteiger partial charge in [-0.3, -0.25) is 14.5 Å². The van der Waals surface area contributed by atoms with Crippen LogP contribution in [0.1, 0.15) is 43.7 Å². The van der Waals surface area contributed by atoms with Crippen LogP contribution in [0.15, 0.2) is 63.1 Å². The lowest BCUT2D eigenvalue weighted by molar-refractivity contribution is -0.132. The molecule has 1 aromatic heterocycles. The summed E-state index contributed by atoms with van der Waals surface area (Å²) in [6.07, 6.45) is 0. The minimum Gasteiger partial charge on any atom is -0.507 e. The Balaban J connectivity index is 1.95. The molecule has 8 nitrogen and oxygen atoms in total. The fraction of sp³-hybridized carbons (Fsp3) is 0.269. The van der Waals surface area contributed by atoms with E-state index < -0.39 is 17.7 Å². The van der Waals surface area contributed by atoms with Crippen LogP contribution in [-0.2, 0) is 15.0 Å². The Morgan fingerprint density at radius 1 is 1.03 bits per heavy atom. The smallest absolute Gasteiger partial charge is 0.301 e. The quantitative estimate of drug-likeness (QED) is 0.263. The monoisotopic (exact) mass is 540 g/mol. The number of hydrogen-bond donors (Lipinski definition) is 1.